The lowest BCUT2D eigenvalue weighted by Crippen LogP contribution is -2.29. The summed E-state index contributed by atoms with van der Waals surface area (Å²) in [4.78, 5) is 24.0. The van der Waals surface area contributed by atoms with E-state index in [1.165, 1.54) is 45.3 Å². The largest absolute Gasteiger partial charge is 0.479 e. The second-order valence-corrected chi connectivity index (χ2v) is 8.19. The Hall–Kier alpha value is -2.91. The Bertz CT molecular complexity index is 911. The van der Waals surface area contributed by atoms with Gasteiger partial charge in [-0.3, -0.25) is 4.79 Å². The number of hydrogen-bond donors (Lipinski definition) is 1. The fourth-order valence-corrected chi connectivity index (χ4v) is 3.03. The van der Waals surface area contributed by atoms with E-state index in [0.717, 1.165) is 4.31 Å². The van der Waals surface area contributed by atoms with E-state index in [-0.39, 0.29) is 4.90 Å². The maximum Gasteiger partial charge on any atom is 0.347 e. The summed E-state index contributed by atoms with van der Waals surface area (Å²) < 4.78 is 35.5. The molecule has 0 aliphatic rings. The summed E-state index contributed by atoms with van der Waals surface area (Å²) >= 11 is 0. The molecule has 0 saturated carbocycles. The second-order valence-electron chi connectivity index (χ2n) is 6.04. The van der Waals surface area contributed by atoms with Gasteiger partial charge < -0.3 is 14.8 Å². The highest BCUT2D eigenvalue weighted by molar-refractivity contribution is 7.89. The zero-order valence-electron chi connectivity index (χ0n) is 15.8. The molecule has 0 saturated heterocycles. The number of nitrogens with zero attached hydrogens (tertiary/aromatic N) is 1. The predicted molar refractivity (Wildman–Crippen MR) is 103 cm³/mol. The van der Waals surface area contributed by atoms with Crippen LogP contribution in [0.4, 0.5) is 5.69 Å². The molecule has 0 heterocycles. The van der Waals surface area contributed by atoms with Crippen LogP contribution in [0, 0.1) is 0 Å². The SMILES string of the molecule is C[C@@H](Oc1ccccc1)C(=O)OCC(=O)Nc1ccc(S(=O)(=O)N(C)C)cc1. The van der Waals surface area contributed by atoms with Gasteiger partial charge in [0.2, 0.25) is 10.0 Å². The summed E-state index contributed by atoms with van der Waals surface area (Å²) in [6.07, 6.45) is -0.870. The number of carbonyl (C=O) groups is 2. The summed E-state index contributed by atoms with van der Waals surface area (Å²) in [5.74, 6) is -0.709. The quantitative estimate of drug-likeness (QED) is 0.672. The van der Waals surface area contributed by atoms with Crippen molar-refractivity contribution >= 4 is 27.6 Å². The number of anilines is 1. The molecule has 0 fully saturated rings. The Morgan fingerprint density at radius 3 is 2.21 bits per heavy atom. The number of carbonyl (C=O) groups excluding carboxylic acids is 2. The lowest BCUT2D eigenvalue weighted by atomic mass is 10.3. The van der Waals surface area contributed by atoms with E-state index in [9.17, 15) is 18.0 Å². The van der Waals surface area contributed by atoms with Gasteiger partial charge >= 0.3 is 5.97 Å². The number of ether oxygens (including phenoxy) is 2. The molecule has 28 heavy (non-hydrogen) atoms. The zero-order valence-corrected chi connectivity index (χ0v) is 16.6. The van der Waals surface area contributed by atoms with E-state index >= 15 is 0 Å². The Morgan fingerprint density at radius 1 is 1.04 bits per heavy atom. The van der Waals surface area contributed by atoms with Crippen molar-refractivity contribution in [2.45, 2.75) is 17.9 Å². The molecular formula is C19H22N2O6S. The van der Waals surface area contributed by atoms with Crippen LogP contribution in [0.1, 0.15) is 6.92 Å². The molecule has 150 valence electrons. The molecule has 2 aromatic rings. The van der Waals surface area contributed by atoms with Crippen LogP contribution in [0.15, 0.2) is 59.5 Å². The van der Waals surface area contributed by atoms with Crippen molar-refractivity contribution in [3.63, 3.8) is 0 Å². The van der Waals surface area contributed by atoms with Crippen LogP contribution < -0.4 is 10.1 Å². The number of sulfonamides is 1. The van der Waals surface area contributed by atoms with Gasteiger partial charge in [-0.05, 0) is 43.3 Å². The van der Waals surface area contributed by atoms with Crippen LogP contribution in [0.2, 0.25) is 0 Å². The highest BCUT2D eigenvalue weighted by atomic mass is 32.2. The van der Waals surface area contributed by atoms with Gasteiger partial charge in [0.05, 0.1) is 4.90 Å². The topological polar surface area (TPSA) is 102 Å². The van der Waals surface area contributed by atoms with Crippen LogP contribution in [-0.4, -0.2) is 51.4 Å². The maximum absolute atomic E-state index is 12.0. The molecule has 0 radical (unpaired) electrons. The highest BCUT2D eigenvalue weighted by Crippen LogP contribution is 2.16. The Morgan fingerprint density at radius 2 is 1.64 bits per heavy atom. The number of amides is 1. The zero-order chi connectivity index (χ0) is 20.7. The van der Waals surface area contributed by atoms with Crippen LogP contribution >= 0.6 is 0 Å². The lowest BCUT2D eigenvalue weighted by molar-refractivity contribution is -0.153. The number of rotatable bonds is 8. The maximum atomic E-state index is 12.0. The second kappa shape index (κ2) is 9.34. The molecule has 0 bridgehead atoms. The van der Waals surface area contributed by atoms with Gasteiger partial charge in [-0.25, -0.2) is 17.5 Å². The lowest BCUT2D eigenvalue weighted by Gasteiger charge is -2.14. The van der Waals surface area contributed by atoms with Crippen LogP contribution in [0.25, 0.3) is 0 Å². The molecule has 2 aromatic carbocycles. The molecule has 2 rings (SSSR count). The molecule has 1 N–H and O–H groups in total. The number of benzene rings is 2. The molecular weight excluding hydrogens is 384 g/mol. The smallest absolute Gasteiger partial charge is 0.347 e. The van der Waals surface area contributed by atoms with E-state index < -0.39 is 34.6 Å². The Labute approximate surface area is 164 Å². The van der Waals surface area contributed by atoms with Crippen LogP contribution in [0.5, 0.6) is 5.75 Å². The van der Waals surface area contributed by atoms with Crippen molar-refractivity contribution in [2.24, 2.45) is 0 Å². The molecule has 8 nitrogen and oxygen atoms in total. The highest BCUT2D eigenvalue weighted by Gasteiger charge is 2.19. The van der Waals surface area contributed by atoms with Gasteiger partial charge in [0.1, 0.15) is 5.75 Å². The molecule has 0 aliphatic heterocycles. The first kappa shape index (κ1) is 21.4. The van der Waals surface area contributed by atoms with E-state index in [4.69, 9.17) is 9.47 Å². The van der Waals surface area contributed by atoms with Crippen LogP contribution in [0.3, 0.4) is 0 Å². The third-order valence-electron chi connectivity index (χ3n) is 3.65. The van der Waals surface area contributed by atoms with Gasteiger partial charge in [-0.1, -0.05) is 18.2 Å². The molecule has 0 spiro atoms. The normalized spacial score (nSPS) is 12.3. The summed E-state index contributed by atoms with van der Waals surface area (Å²) in [6, 6.07) is 14.5. The third-order valence-corrected chi connectivity index (χ3v) is 5.48. The molecule has 1 amide bonds. The molecule has 1 atom stereocenters. The molecule has 9 heteroatoms. The number of para-hydroxylation sites is 1. The average Bonchev–Trinajstić information content (AvgIpc) is 2.67. The van der Waals surface area contributed by atoms with Crippen molar-refractivity contribution in [3.8, 4) is 5.75 Å². The molecule has 0 unspecified atom stereocenters. The first-order valence-electron chi connectivity index (χ1n) is 8.41. The van der Waals surface area contributed by atoms with Crippen molar-refractivity contribution in [3.05, 3.63) is 54.6 Å². The predicted octanol–water partition coefficient (Wildman–Crippen LogP) is 1.89. The van der Waals surface area contributed by atoms with Gasteiger partial charge in [0.25, 0.3) is 5.91 Å². The number of hydrogen-bond acceptors (Lipinski definition) is 6. The van der Waals surface area contributed by atoms with E-state index in [0.29, 0.717) is 11.4 Å². The van der Waals surface area contributed by atoms with Gasteiger partial charge in [0, 0.05) is 19.8 Å². The van der Waals surface area contributed by atoms with Gasteiger partial charge in [0.15, 0.2) is 12.7 Å². The summed E-state index contributed by atoms with van der Waals surface area (Å²) in [7, 11) is -0.677. The Kier molecular flexibility index (Phi) is 7.13. The first-order valence-corrected chi connectivity index (χ1v) is 9.85. The van der Waals surface area contributed by atoms with E-state index in [1.54, 1.807) is 24.3 Å². The Balaban J connectivity index is 1.84. The number of esters is 1. The fraction of sp³-hybridized carbons (Fsp3) is 0.263. The minimum Gasteiger partial charge on any atom is -0.479 e. The van der Waals surface area contributed by atoms with Gasteiger partial charge in [-0.2, -0.15) is 0 Å². The number of nitrogens with one attached hydrogen (secondary N) is 1. The van der Waals surface area contributed by atoms with Gasteiger partial charge in [-0.15, -0.1) is 0 Å². The summed E-state index contributed by atoms with van der Waals surface area (Å²) in [5, 5.41) is 2.53. The summed E-state index contributed by atoms with van der Waals surface area (Å²) in [5.41, 5.74) is 0.382. The summed E-state index contributed by atoms with van der Waals surface area (Å²) in [6.45, 7) is 1.04. The minimum absolute atomic E-state index is 0.105. The monoisotopic (exact) mass is 406 g/mol. The van der Waals surface area contributed by atoms with Crippen LogP contribution in [-0.2, 0) is 24.3 Å². The van der Waals surface area contributed by atoms with E-state index in [2.05, 4.69) is 5.32 Å². The van der Waals surface area contributed by atoms with Crippen molar-refractivity contribution in [1.29, 1.82) is 0 Å². The van der Waals surface area contributed by atoms with Crippen molar-refractivity contribution in [2.75, 3.05) is 26.0 Å². The first-order chi connectivity index (χ1) is 13.2. The van der Waals surface area contributed by atoms with Crippen molar-refractivity contribution < 1.29 is 27.5 Å². The standard InChI is InChI=1S/C19H22N2O6S/c1-14(27-16-7-5-4-6-8-16)19(23)26-13-18(22)20-15-9-11-17(12-10-15)28(24,25)21(2)3/h4-12,14H,13H2,1-3H3,(H,20,22)/t14-/m1/s1. The minimum atomic E-state index is -3.54. The van der Waals surface area contributed by atoms with Crippen molar-refractivity contribution in [1.82, 2.24) is 4.31 Å². The van der Waals surface area contributed by atoms with E-state index in [1.807, 2.05) is 6.07 Å². The molecule has 0 aromatic heterocycles. The molecule has 0 aliphatic carbocycles. The fourth-order valence-electron chi connectivity index (χ4n) is 2.12. The third kappa shape index (κ3) is 5.80. The average molecular weight is 406 g/mol.